The second-order valence-electron chi connectivity index (χ2n) is 7.33. The zero-order chi connectivity index (χ0) is 22.1. The number of carbonyl (C=O) groups is 1. The number of carbonyl (C=O) groups excluding carboxylic acids is 1. The van der Waals surface area contributed by atoms with Crippen molar-refractivity contribution in [3.05, 3.63) is 70.1 Å². The predicted molar refractivity (Wildman–Crippen MR) is 117 cm³/mol. The van der Waals surface area contributed by atoms with Crippen LogP contribution in [0, 0.1) is 11.6 Å². The number of amides is 1. The van der Waals surface area contributed by atoms with E-state index in [-0.39, 0.29) is 27.5 Å². The monoisotopic (exact) mass is 443 g/mol. The number of fused-ring (bicyclic) bond motifs is 2. The van der Waals surface area contributed by atoms with Gasteiger partial charge in [0.15, 0.2) is 10.9 Å². The average Bonchev–Trinajstić information content (AvgIpc) is 3.14. The maximum absolute atomic E-state index is 14.2. The first-order valence-corrected chi connectivity index (χ1v) is 10.4. The molecule has 0 spiro atoms. The first-order chi connectivity index (χ1) is 14.8. The molecule has 0 aliphatic heterocycles. The number of thiazole rings is 1. The Bertz CT molecular complexity index is 1330. The third-order valence-electron chi connectivity index (χ3n) is 4.74. The summed E-state index contributed by atoms with van der Waals surface area (Å²) in [5, 5.41) is 0.798. The van der Waals surface area contributed by atoms with E-state index in [2.05, 4.69) is 4.98 Å². The van der Waals surface area contributed by atoms with E-state index in [1.165, 1.54) is 17.0 Å². The molecule has 9 heteroatoms. The molecule has 0 atom stereocenters. The Morgan fingerprint density at radius 1 is 1.13 bits per heavy atom. The van der Waals surface area contributed by atoms with Crippen molar-refractivity contribution >= 4 is 43.6 Å². The normalized spacial score (nSPS) is 11.5. The largest absolute Gasteiger partial charge is 0.422 e. The number of rotatable bonds is 6. The third-order valence-corrected chi connectivity index (χ3v) is 5.76. The fourth-order valence-electron chi connectivity index (χ4n) is 3.25. The van der Waals surface area contributed by atoms with E-state index in [4.69, 9.17) is 4.42 Å². The molecule has 0 aliphatic carbocycles. The molecule has 0 radical (unpaired) electrons. The predicted octanol–water partition coefficient (Wildman–Crippen LogP) is 4.28. The lowest BCUT2D eigenvalue weighted by atomic mass is 10.1. The first-order valence-electron chi connectivity index (χ1n) is 9.58. The van der Waals surface area contributed by atoms with E-state index in [1.807, 2.05) is 19.0 Å². The number of anilines is 1. The molecular weight excluding hydrogens is 424 g/mol. The maximum atomic E-state index is 14.2. The van der Waals surface area contributed by atoms with Crippen LogP contribution in [0.15, 0.2) is 51.7 Å². The van der Waals surface area contributed by atoms with Gasteiger partial charge in [-0.05, 0) is 45.3 Å². The summed E-state index contributed by atoms with van der Waals surface area (Å²) < 4.78 is 33.4. The van der Waals surface area contributed by atoms with Crippen molar-refractivity contribution < 1.29 is 18.0 Å². The molecule has 2 heterocycles. The summed E-state index contributed by atoms with van der Waals surface area (Å²) in [6.45, 7) is 0.928. The number of halogens is 2. The van der Waals surface area contributed by atoms with Gasteiger partial charge in [-0.3, -0.25) is 9.69 Å². The number of nitrogens with zero attached hydrogens (tertiary/aromatic N) is 3. The zero-order valence-electron chi connectivity index (χ0n) is 16.9. The second-order valence-corrected chi connectivity index (χ2v) is 8.34. The smallest absolute Gasteiger partial charge is 0.349 e. The van der Waals surface area contributed by atoms with Gasteiger partial charge in [0.25, 0.3) is 5.91 Å². The second kappa shape index (κ2) is 8.52. The number of hydrogen-bond acceptors (Lipinski definition) is 6. The Labute approximate surface area is 180 Å². The SMILES string of the molecule is CN(C)CCCN(C(=O)c1cc2ccccc2oc1=O)c1nc2c(F)cc(F)cc2s1. The van der Waals surface area contributed by atoms with E-state index in [9.17, 15) is 18.4 Å². The molecule has 0 unspecified atom stereocenters. The molecule has 6 nitrogen and oxygen atoms in total. The number of aromatic nitrogens is 1. The lowest BCUT2D eigenvalue weighted by Crippen LogP contribution is -2.36. The number of para-hydroxylation sites is 1. The Balaban J connectivity index is 1.78. The van der Waals surface area contributed by atoms with Crippen molar-refractivity contribution in [2.75, 3.05) is 32.1 Å². The summed E-state index contributed by atoms with van der Waals surface area (Å²) in [7, 11) is 3.81. The molecule has 0 aliphatic rings. The van der Waals surface area contributed by atoms with E-state index in [0.717, 1.165) is 17.4 Å². The maximum Gasteiger partial charge on any atom is 0.349 e. The molecule has 0 saturated carbocycles. The van der Waals surface area contributed by atoms with Gasteiger partial charge in [0, 0.05) is 18.0 Å². The van der Waals surface area contributed by atoms with E-state index >= 15 is 0 Å². The van der Waals surface area contributed by atoms with Gasteiger partial charge in [-0.2, -0.15) is 0 Å². The van der Waals surface area contributed by atoms with Gasteiger partial charge < -0.3 is 9.32 Å². The van der Waals surface area contributed by atoms with Gasteiger partial charge in [0.2, 0.25) is 0 Å². The molecule has 2 aromatic heterocycles. The highest BCUT2D eigenvalue weighted by Gasteiger charge is 2.25. The van der Waals surface area contributed by atoms with Crippen LogP contribution in [0.5, 0.6) is 0 Å². The van der Waals surface area contributed by atoms with Crippen LogP contribution in [0.25, 0.3) is 21.2 Å². The van der Waals surface area contributed by atoms with Gasteiger partial charge in [-0.25, -0.2) is 18.6 Å². The Morgan fingerprint density at radius 2 is 1.90 bits per heavy atom. The lowest BCUT2D eigenvalue weighted by Gasteiger charge is -2.20. The lowest BCUT2D eigenvalue weighted by molar-refractivity contribution is 0.0982. The quantitative estimate of drug-likeness (QED) is 0.416. The molecule has 160 valence electrons. The zero-order valence-corrected chi connectivity index (χ0v) is 17.7. The van der Waals surface area contributed by atoms with Crippen molar-refractivity contribution in [2.24, 2.45) is 0 Å². The topological polar surface area (TPSA) is 66.7 Å². The van der Waals surface area contributed by atoms with Crippen molar-refractivity contribution in [2.45, 2.75) is 6.42 Å². The van der Waals surface area contributed by atoms with Gasteiger partial charge >= 0.3 is 5.63 Å². The highest BCUT2D eigenvalue weighted by Crippen LogP contribution is 2.32. The van der Waals surface area contributed by atoms with E-state index in [1.54, 1.807) is 24.3 Å². The molecule has 0 N–H and O–H groups in total. The highest BCUT2D eigenvalue weighted by molar-refractivity contribution is 7.22. The van der Waals surface area contributed by atoms with Crippen LogP contribution in [0.4, 0.5) is 13.9 Å². The molecule has 0 bridgehead atoms. The molecule has 31 heavy (non-hydrogen) atoms. The van der Waals surface area contributed by atoms with Crippen LogP contribution in [-0.2, 0) is 0 Å². The minimum Gasteiger partial charge on any atom is -0.422 e. The fraction of sp³-hybridized carbons (Fsp3) is 0.227. The van der Waals surface area contributed by atoms with E-state index < -0.39 is 23.2 Å². The molecule has 4 rings (SSSR count). The summed E-state index contributed by atoms with van der Waals surface area (Å²) in [6, 6.07) is 10.3. The first kappa shape index (κ1) is 21.1. The van der Waals surface area contributed by atoms with Crippen molar-refractivity contribution in [3.8, 4) is 0 Å². The highest BCUT2D eigenvalue weighted by atomic mass is 32.1. The summed E-state index contributed by atoms with van der Waals surface area (Å²) >= 11 is 0.993. The fourth-order valence-corrected chi connectivity index (χ4v) is 4.28. The summed E-state index contributed by atoms with van der Waals surface area (Å²) in [4.78, 5) is 33.4. The average molecular weight is 443 g/mol. The van der Waals surface area contributed by atoms with Crippen molar-refractivity contribution in [1.29, 1.82) is 0 Å². The molecule has 4 aromatic rings. The minimum absolute atomic E-state index is 0.0163. The molecule has 1 amide bonds. The van der Waals surface area contributed by atoms with Crippen LogP contribution >= 0.6 is 11.3 Å². The van der Waals surface area contributed by atoms with Crippen LogP contribution in [-0.4, -0.2) is 43.0 Å². The van der Waals surface area contributed by atoms with E-state index in [0.29, 0.717) is 23.9 Å². The number of benzene rings is 2. The molecular formula is C22H19F2N3O3S. The minimum atomic E-state index is -0.802. The van der Waals surface area contributed by atoms with Crippen LogP contribution in [0.3, 0.4) is 0 Å². The molecule has 0 fully saturated rings. The van der Waals surface area contributed by atoms with Crippen LogP contribution in [0.1, 0.15) is 16.8 Å². The van der Waals surface area contributed by atoms with Gasteiger partial charge in [-0.15, -0.1) is 0 Å². The summed E-state index contributed by atoms with van der Waals surface area (Å²) in [5.74, 6) is -2.12. The summed E-state index contributed by atoms with van der Waals surface area (Å²) in [5.41, 5.74) is -0.549. The van der Waals surface area contributed by atoms with Crippen molar-refractivity contribution in [1.82, 2.24) is 9.88 Å². The third kappa shape index (κ3) is 4.33. The standard InChI is InChI=1S/C22H19F2N3O3S/c1-26(2)8-5-9-27(22-25-19-16(24)11-14(23)12-18(19)31-22)20(28)15-10-13-6-3-4-7-17(13)30-21(15)29/h3-4,6-7,10-12H,5,8-9H2,1-2H3. The number of hydrogen-bond donors (Lipinski definition) is 0. The van der Waals surface area contributed by atoms with Gasteiger partial charge in [0.1, 0.15) is 22.5 Å². The van der Waals surface area contributed by atoms with Crippen molar-refractivity contribution in [3.63, 3.8) is 0 Å². The Hall–Kier alpha value is -3.17. The Morgan fingerprint density at radius 3 is 2.68 bits per heavy atom. The molecule has 2 aromatic carbocycles. The Kier molecular flexibility index (Phi) is 5.79. The van der Waals surface area contributed by atoms with Crippen LogP contribution < -0.4 is 10.5 Å². The summed E-state index contributed by atoms with van der Waals surface area (Å²) in [6.07, 6.45) is 0.588. The van der Waals surface area contributed by atoms with Gasteiger partial charge in [0.05, 0.1) is 4.70 Å². The molecule has 0 saturated heterocycles. The van der Waals surface area contributed by atoms with Crippen LogP contribution in [0.2, 0.25) is 0 Å². The van der Waals surface area contributed by atoms with Gasteiger partial charge in [-0.1, -0.05) is 29.5 Å².